The van der Waals surface area contributed by atoms with Crippen LogP contribution in [-0.2, 0) is 0 Å². The first-order valence-electron chi connectivity index (χ1n) is 3.62. The summed E-state index contributed by atoms with van der Waals surface area (Å²) < 4.78 is 3.16. The van der Waals surface area contributed by atoms with E-state index in [1.165, 1.54) is 12.8 Å². The molecule has 0 amide bonds. The van der Waals surface area contributed by atoms with Gasteiger partial charge in [-0.15, -0.1) is 0 Å². The summed E-state index contributed by atoms with van der Waals surface area (Å²) in [5, 5.41) is 0. The van der Waals surface area contributed by atoms with Crippen molar-refractivity contribution in [2.24, 2.45) is 0 Å². The Bertz CT molecular complexity index is 43.7. The third-order valence-electron chi connectivity index (χ3n) is 1.56. The minimum absolute atomic E-state index is 0.678. The van der Waals surface area contributed by atoms with Crippen LogP contribution in [0, 0.1) is 0 Å². The number of rotatable bonds is 4. The molecule has 8 heavy (non-hydrogen) atoms. The Balaban J connectivity index is 2.86. The molecule has 0 atom stereocenters. The molecule has 0 N–H and O–H groups in total. The van der Waals surface area contributed by atoms with Crippen molar-refractivity contribution in [1.82, 2.24) is 0 Å². The van der Waals surface area contributed by atoms with E-state index in [0.717, 1.165) is 0 Å². The summed E-state index contributed by atoms with van der Waals surface area (Å²) in [4.78, 5) is 2.53. The van der Waals surface area contributed by atoms with Crippen LogP contribution in [0.1, 0.15) is 26.7 Å². The van der Waals surface area contributed by atoms with Gasteiger partial charge in [-0.05, 0) is 0 Å². The van der Waals surface area contributed by atoms with E-state index in [0.29, 0.717) is 0 Å². The molecule has 0 aromatic heterocycles. The fourth-order valence-corrected chi connectivity index (χ4v) is 4.40. The first-order chi connectivity index (χ1) is 3.81. The van der Waals surface area contributed by atoms with E-state index in [1.54, 1.807) is 8.87 Å². The normalized spacial score (nSPS) is 10.5. The van der Waals surface area contributed by atoms with E-state index in [9.17, 15) is 0 Å². The van der Waals surface area contributed by atoms with Crippen LogP contribution < -0.4 is 0 Å². The second kappa shape index (κ2) is 5.93. The van der Waals surface area contributed by atoms with E-state index in [1.807, 2.05) is 0 Å². The third kappa shape index (κ3) is 4.95. The van der Waals surface area contributed by atoms with Crippen LogP contribution in [0.2, 0.25) is 13.8 Å². The Morgan fingerprint density at radius 3 is 2.25 bits per heavy atom. The van der Waals surface area contributed by atoms with Crippen molar-refractivity contribution in [1.29, 1.82) is 0 Å². The number of hydrogen-bond acceptors (Lipinski definition) is 0. The molecule has 0 unspecified atom stereocenters. The van der Waals surface area contributed by atoms with Crippen LogP contribution in [0.3, 0.4) is 0 Å². The van der Waals surface area contributed by atoms with Gasteiger partial charge in [-0.3, -0.25) is 0 Å². The first-order valence-corrected chi connectivity index (χ1v) is 10.5. The first kappa shape index (κ1) is 8.80. The van der Waals surface area contributed by atoms with Crippen LogP contribution in [0.15, 0.2) is 0 Å². The second-order valence-corrected chi connectivity index (χ2v) is 11.3. The van der Waals surface area contributed by atoms with Crippen molar-refractivity contribution in [3.05, 3.63) is 0 Å². The van der Waals surface area contributed by atoms with Crippen molar-refractivity contribution in [2.45, 2.75) is 40.5 Å². The fraction of sp³-hybridized carbons (Fsp3) is 1.00. The molecule has 49 valence electrons. The van der Waals surface area contributed by atoms with Crippen molar-refractivity contribution >= 4 is 19.8 Å². The molecule has 0 aromatic carbocycles. The Morgan fingerprint density at radius 1 is 1.25 bits per heavy atom. The van der Waals surface area contributed by atoms with E-state index in [2.05, 4.69) is 18.8 Å². The average Bonchev–Trinajstić information content (AvgIpc) is 1.83. The molecule has 0 spiro atoms. The Morgan fingerprint density at radius 2 is 1.88 bits per heavy atom. The zero-order valence-electron chi connectivity index (χ0n) is 6.33. The Labute approximate surface area is 60.4 Å². The fourth-order valence-electron chi connectivity index (χ4n) is 0.655. The predicted molar refractivity (Wildman–Crippen MR) is 41.8 cm³/mol. The molecule has 0 fully saturated rings. The van der Waals surface area contributed by atoms with Crippen LogP contribution >= 0.6 is 0 Å². The minimum atomic E-state index is -0.678. The third-order valence-corrected chi connectivity index (χ3v) is 8.45. The standard InChI is InChI=1S/C4H9.C2H5.CH3.Sn/c1-3-4-2;1-2;;/h1,3-4H2,2H3;1H2,2H3;1H3;. The molecule has 1 heteroatoms. The van der Waals surface area contributed by atoms with Gasteiger partial charge in [-0.25, -0.2) is 0 Å². The Kier molecular flexibility index (Phi) is 6.52. The monoisotopic (exact) mass is 221 g/mol. The van der Waals surface area contributed by atoms with Crippen LogP contribution in [0.5, 0.6) is 0 Å². The van der Waals surface area contributed by atoms with Gasteiger partial charge in [0.1, 0.15) is 0 Å². The van der Waals surface area contributed by atoms with Crippen LogP contribution in [0.25, 0.3) is 0 Å². The van der Waals surface area contributed by atoms with Crippen molar-refractivity contribution in [3.8, 4) is 0 Å². The molecular weight excluding hydrogens is 203 g/mol. The molecule has 0 rings (SSSR count). The van der Waals surface area contributed by atoms with Gasteiger partial charge >= 0.3 is 60.3 Å². The zero-order chi connectivity index (χ0) is 6.41. The van der Waals surface area contributed by atoms with E-state index in [-0.39, 0.29) is 0 Å². The summed E-state index contributed by atoms with van der Waals surface area (Å²) in [5.41, 5.74) is 0. The molecule has 0 nitrogen and oxygen atoms in total. The van der Waals surface area contributed by atoms with Crippen molar-refractivity contribution in [3.63, 3.8) is 0 Å². The van der Waals surface area contributed by atoms with Crippen LogP contribution in [0.4, 0.5) is 0 Å². The molecule has 0 aliphatic rings. The van der Waals surface area contributed by atoms with Gasteiger partial charge in [0, 0.05) is 0 Å². The molecule has 1 radical (unpaired) electrons. The molecule has 0 aliphatic carbocycles. The predicted octanol–water partition coefficient (Wildman–Crippen LogP) is 2.93. The van der Waals surface area contributed by atoms with Gasteiger partial charge in [0.15, 0.2) is 0 Å². The van der Waals surface area contributed by atoms with Gasteiger partial charge < -0.3 is 0 Å². The van der Waals surface area contributed by atoms with E-state index < -0.39 is 19.8 Å². The summed E-state index contributed by atoms with van der Waals surface area (Å²) in [6.45, 7) is 4.64. The van der Waals surface area contributed by atoms with Crippen molar-refractivity contribution < 1.29 is 0 Å². The summed E-state index contributed by atoms with van der Waals surface area (Å²) in [6, 6.07) is 0. The summed E-state index contributed by atoms with van der Waals surface area (Å²) in [7, 11) is 0. The van der Waals surface area contributed by atoms with Crippen molar-refractivity contribution in [2.75, 3.05) is 0 Å². The maximum atomic E-state index is 2.53. The molecule has 0 saturated carbocycles. The second-order valence-electron chi connectivity index (χ2n) is 2.41. The summed E-state index contributed by atoms with van der Waals surface area (Å²) in [5.74, 6) is 0. The van der Waals surface area contributed by atoms with Gasteiger partial charge in [0.05, 0.1) is 0 Å². The molecule has 0 aromatic rings. The van der Waals surface area contributed by atoms with Gasteiger partial charge in [0.2, 0.25) is 0 Å². The average molecular weight is 220 g/mol. The van der Waals surface area contributed by atoms with Gasteiger partial charge in [-0.2, -0.15) is 0 Å². The Hall–Kier alpha value is 0.799. The van der Waals surface area contributed by atoms with Crippen LogP contribution in [-0.4, -0.2) is 19.8 Å². The quantitative estimate of drug-likeness (QED) is 0.638. The summed E-state index contributed by atoms with van der Waals surface area (Å²) >= 11 is -0.678. The maximum absolute atomic E-state index is 2.53. The van der Waals surface area contributed by atoms with Gasteiger partial charge in [0.25, 0.3) is 0 Å². The SMILES string of the molecule is CCC[CH2][Sn]([CH3])[CH2]C. The molecule has 0 saturated heterocycles. The molecule has 0 bridgehead atoms. The van der Waals surface area contributed by atoms with E-state index in [4.69, 9.17) is 0 Å². The summed E-state index contributed by atoms with van der Waals surface area (Å²) in [6.07, 6.45) is 2.90. The molecular formula is C7H17Sn. The topological polar surface area (TPSA) is 0 Å². The molecule has 0 heterocycles. The zero-order valence-corrected chi connectivity index (χ0v) is 9.18. The van der Waals surface area contributed by atoms with E-state index >= 15 is 0 Å². The number of hydrogen-bond donors (Lipinski definition) is 0. The number of unbranched alkanes of at least 4 members (excludes halogenated alkanes) is 1. The molecule has 0 aliphatic heterocycles. The van der Waals surface area contributed by atoms with Gasteiger partial charge in [-0.1, -0.05) is 0 Å².